The zero-order chi connectivity index (χ0) is 14.3. The molecule has 1 aromatic heterocycles. The third-order valence-electron chi connectivity index (χ3n) is 2.55. The van der Waals surface area contributed by atoms with Crippen LogP contribution in [0.2, 0.25) is 0 Å². The minimum Gasteiger partial charge on any atom is -0.389 e. The van der Waals surface area contributed by atoms with Gasteiger partial charge in [-0.1, -0.05) is 0 Å². The Labute approximate surface area is 114 Å². The number of aromatic nitrogens is 2. The van der Waals surface area contributed by atoms with Crippen molar-refractivity contribution in [1.29, 1.82) is 0 Å². The summed E-state index contributed by atoms with van der Waals surface area (Å²) in [5, 5.41) is 12.9. The summed E-state index contributed by atoms with van der Waals surface area (Å²) in [6.07, 6.45) is -0.493. The zero-order valence-corrected chi connectivity index (χ0v) is 12.2. The lowest BCUT2D eigenvalue weighted by molar-refractivity contribution is 0.0414. The Morgan fingerprint density at radius 1 is 1.47 bits per heavy atom. The smallest absolute Gasteiger partial charge is 0.144 e. The van der Waals surface area contributed by atoms with E-state index in [1.807, 2.05) is 31.9 Å². The summed E-state index contributed by atoms with van der Waals surface area (Å²) in [4.78, 5) is 10.8. The van der Waals surface area contributed by atoms with Gasteiger partial charge in [0.25, 0.3) is 0 Å². The first-order chi connectivity index (χ1) is 9.05. The van der Waals surface area contributed by atoms with Crippen LogP contribution in [0.25, 0.3) is 0 Å². The summed E-state index contributed by atoms with van der Waals surface area (Å²) < 4.78 is 4.91. The molecule has 19 heavy (non-hydrogen) atoms. The van der Waals surface area contributed by atoms with E-state index in [9.17, 15) is 5.11 Å². The molecule has 6 heteroatoms. The fourth-order valence-electron chi connectivity index (χ4n) is 1.88. The first kappa shape index (κ1) is 15.8. The van der Waals surface area contributed by atoms with Gasteiger partial charge in [-0.25, -0.2) is 9.97 Å². The number of methoxy groups -OCH3 is 1. The molecule has 1 heterocycles. The van der Waals surface area contributed by atoms with Crippen LogP contribution in [0, 0.1) is 6.92 Å². The normalized spacial score (nSPS) is 12.7. The number of hydrogen-bond donors (Lipinski definition) is 2. The summed E-state index contributed by atoms with van der Waals surface area (Å²) in [6, 6.07) is 1.92. The lowest BCUT2D eigenvalue weighted by atomic mass is 10.3. The second-order valence-corrected chi connectivity index (χ2v) is 4.65. The van der Waals surface area contributed by atoms with Crippen molar-refractivity contribution >= 4 is 5.82 Å². The molecule has 0 aliphatic rings. The SMILES string of the molecule is CCNc1cc(C)nc(CN(C)CC(O)COC)n1. The van der Waals surface area contributed by atoms with Crippen molar-refractivity contribution in [3.8, 4) is 0 Å². The van der Waals surface area contributed by atoms with Gasteiger partial charge in [0.05, 0.1) is 19.3 Å². The molecule has 1 unspecified atom stereocenters. The van der Waals surface area contributed by atoms with E-state index in [4.69, 9.17) is 4.74 Å². The standard InChI is InChI=1S/C13H24N4O2/c1-5-14-12-6-10(2)15-13(16-12)8-17(3)7-11(18)9-19-4/h6,11,18H,5,7-9H2,1-4H3,(H,14,15,16). The van der Waals surface area contributed by atoms with Crippen LogP contribution in [0.15, 0.2) is 6.07 Å². The van der Waals surface area contributed by atoms with E-state index in [-0.39, 0.29) is 0 Å². The van der Waals surface area contributed by atoms with Gasteiger partial charge in [0.2, 0.25) is 0 Å². The third kappa shape index (κ3) is 5.96. The van der Waals surface area contributed by atoms with E-state index >= 15 is 0 Å². The fourth-order valence-corrected chi connectivity index (χ4v) is 1.88. The van der Waals surface area contributed by atoms with Crippen molar-refractivity contribution in [2.75, 3.05) is 39.2 Å². The molecular weight excluding hydrogens is 244 g/mol. The Hall–Kier alpha value is -1.24. The molecule has 0 amide bonds. The van der Waals surface area contributed by atoms with Gasteiger partial charge in [-0.15, -0.1) is 0 Å². The van der Waals surface area contributed by atoms with E-state index in [0.717, 1.165) is 23.9 Å². The highest BCUT2D eigenvalue weighted by atomic mass is 16.5. The van der Waals surface area contributed by atoms with Gasteiger partial charge < -0.3 is 15.2 Å². The van der Waals surface area contributed by atoms with Crippen LogP contribution in [-0.4, -0.2) is 59.9 Å². The molecule has 1 atom stereocenters. The number of hydrogen-bond acceptors (Lipinski definition) is 6. The van der Waals surface area contributed by atoms with Gasteiger partial charge in [-0.2, -0.15) is 0 Å². The van der Waals surface area contributed by atoms with Crippen LogP contribution in [0.5, 0.6) is 0 Å². The second kappa shape index (κ2) is 8.04. The van der Waals surface area contributed by atoms with Crippen LogP contribution >= 0.6 is 0 Å². The second-order valence-electron chi connectivity index (χ2n) is 4.65. The van der Waals surface area contributed by atoms with Gasteiger partial charge >= 0.3 is 0 Å². The summed E-state index contributed by atoms with van der Waals surface area (Å²) in [5.74, 6) is 1.60. The molecule has 108 valence electrons. The van der Waals surface area contributed by atoms with Crippen molar-refractivity contribution in [3.63, 3.8) is 0 Å². The quantitative estimate of drug-likeness (QED) is 0.721. The molecular formula is C13H24N4O2. The molecule has 2 N–H and O–H groups in total. The summed E-state index contributed by atoms with van der Waals surface area (Å²) in [5.41, 5.74) is 0.937. The Morgan fingerprint density at radius 3 is 2.84 bits per heavy atom. The third-order valence-corrected chi connectivity index (χ3v) is 2.55. The maximum absolute atomic E-state index is 9.67. The molecule has 0 aliphatic heterocycles. The Morgan fingerprint density at radius 2 is 2.21 bits per heavy atom. The minimum atomic E-state index is -0.493. The molecule has 0 spiro atoms. The van der Waals surface area contributed by atoms with Crippen molar-refractivity contribution in [2.24, 2.45) is 0 Å². The maximum Gasteiger partial charge on any atom is 0.144 e. The molecule has 0 saturated carbocycles. The van der Waals surface area contributed by atoms with Crippen LogP contribution < -0.4 is 5.32 Å². The first-order valence-corrected chi connectivity index (χ1v) is 6.49. The number of rotatable bonds is 8. The van der Waals surface area contributed by atoms with Gasteiger partial charge in [0, 0.05) is 32.0 Å². The minimum absolute atomic E-state index is 0.335. The summed E-state index contributed by atoms with van der Waals surface area (Å²) in [7, 11) is 3.51. The van der Waals surface area contributed by atoms with Crippen molar-refractivity contribution < 1.29 is 9.84 Å². The van der Waals surface area contributed by atoms with E-state index in [1.54, 1.807) is 7.11 Å². The number of nitrogens with one attached hydrogen (secondary N) is 1. The number of aliphatic hydroxyl groups excluding tert-OH is 1. The number of anilines is 1. The van der Waals surface area contributed by atoms with Gasteiger partial charge in [-0.3, -0.25) is 4.90 Å². The van der Waals surface area contributed by atoms with Gasteiger partial charge in [0.15, 0.2) is 0 Å². The van der Waals surface area contributed by atoms with Gasteiger partial charge in [0.1, 0.15) is 11.6 Å². The largest absolute Gasteiger partial charge is 0.389 e. The van der Waals surface area contributed by atoms with Crippen LogP contribution in [0.1, 0.15) is 18.4 Å². The lowest BCUT2D eigenvalue weighted by Crippen LogP contribution is -2.32. The van der Waals surface area contributed by atoms with E-state index in [2.05, 4.69) is 15.3 Å². The maximum atomic E-state index is 9.67. The molecule has 1 rings (SSSR count). The van der Waals surface area contributed by atoms with Crippen LogP contribution in [0.4, 0.5) is 5.82 Å². The molecule has 0 fully saturated rings. The topological polar surface area (TPSA) is 70.5 Å². The molecule has 0 aromatic carbocycles. The monoisotopic (exact) mass is 268 g/mol. The van der Waals surface area contributed by atoms with E-state index < -0.39 is 6.10 Å². The van der Waals surface area contributed by atoms with Crippen LogP contribution in [-0.2, 0) is 11.3 Å². The lowest BCUT2D eigenvalue weighted by Gasteiger charge is -2.19. The zero-order valence-electron chi connectivity index (χ0n) is 12.2. The Bertz CT molecular complexity index is 387. The highest BCUT2D eigenvalue weighted by Gasteiger charge is 2.10. The highest BCUT2D eigenvalue weighted by molar-refractivity contribution is 5.35. The number of aliphatic hydroxyl groups is 1. The van der Waals surface area contributed by atoms with Gasteiger partial charge in [-0.05, 0) is 20.9 Å². The predicted octanol–water partition coefficient (Wildman–Crippen LogP) is 0.656. The summed E-state index contributed by atoms with van der Waals surface area (Å²) in [6.45, 7) is 6.28. The molecule has 6 nitrogen and oxygen atoms in total. The average Bonchev–Trinajstić information content (AvgIpc) is 2.28. The number of aryl methyl sites for hydroxylation is 1. The molecule has 0 aliphatic carbocycles. The van der Waals surface area contributed by atoms with E-state index in [1.165, 1.54) is 0 Å². The number of likely N-dealkylation sites (N-methyl/N-ethyl adjacent to an activating group) is 1. The highest BCUT2D eigenvalue weighted by Crippen LogP contribution is 2.07. The average molecular weight is 268 g/mol. The molecule has 0 saturated heterocycles. The Balaban J connectivity index is 2.60. The number of nitrogens with zero attached hydrogens (tertiary/aromatic N) is 3. The molecule has 1 aromatic rings. The molecule has 0 radical (unpaired) electrons. The first-order valence-electron chi connectivity index (χ1n) is 6.49. The van der Waals surface area contributed by atoms with E-state index in [0.29, 0.717) is 19.7 Å². The number of ether oxygens (including phenoxy) is 1. The van der Waals surface area contributed by atoms with Crippen molar-refractivity contribution in [3.05, 3.63) is 17.6 Å². The predicted molar refractivity (Wildman–Crippen MR) is 75.1 cm³/mol. The molecule has 0 bridgehead atoms. The van der Waals surface area contributed by atoms with Crippen LogP contribution in [0.3, 0.4) is 0 Å². The van der Waals surface area contributed by atoms with Crippen molar-refractivity contribution in [2.45, 2.75) is 26.5 Å². The summed E-state index contributed by atoms with van der Waals surface area (Å²) >= 11 is 0. The fraction of sp³-hybridized carbons (Fsp3) is 0.692. The Kier molecular flexibility index (Phi) is 6.69. The van der Waals surface area contributed by atoms with Crippen molar-refractivity contribution in [1.82, 2.24) is 14.9 Å².